The molecule has 34 heavy (non-hydrogen) atoms. The van der Waals surface area contributed by atoms with E-state index in [1.54, 1.807) is 25.7 Å². The van der Waals surface area contributed by atoms with Crippen molar-refractivity contribution in [3.8, 4) is 0 Å². The molecule has 1 fully saturated rings. The Morgan fingerprint density at radius 3 is 2.03 bits per heavy atom. The number of nitrogens with zero attached hydrogens (tertiary/aromatic N) is 1. The molecule has 1 unspecified atom stereocenters. The average Bonchev–Trinajstić information content (AvgIpc) is 2.67. The number of amides is 3. The standard InChI is InChI=1S/C27H43N3O4/c1-18-14-19(2)16-20(15-18)23(24(32)29-21-12-10-9-11-13-21)30(26(3,4)5)22(31)17-28-25(33)34-27(6,7)8/h14-16,21,23H,9-13,17H2,1-8H3,(H,28,33)(H,29,32). The fourth-order valence-corrected chi connectivity index (χ4v) is 4.57. The van der Waals surface area contributed by atoms with Crippen LogP contribution in [0, 0.1) is 13.8 Å². The minimum Gasteiger partial charge on any atom is -0.444 e. The van der Waals surface area contributed by atoms with E-state index in [0.717, 1.165) is 42.4 Å². The van der Waals surface area contributed by atoms with Crippen LogP contribution < -0.4 is 10.6 Å². The molecule has 7 nitrogen and oxygen atoms in total. The van der Waals surface area contributed by atoms with E-state index >= 15 is 0 Å². The lowest BCUT2D eigenvalue weighted by Crippen LogP contribution is -2.56. The van der Waals surface area contributed by atoms with Gasteiger partial charge in [-0.05, 0) is 73.8 Å². The third-order valence-electron chi connectivity index (χ3n) is 5.79. The number of hydrogen-bond donors (Lipinski definition) is 2. The Balaban J connectivity index is 2.38. The number of rotatable bonds is 6. The van der Waals surface area contributed by atoms with E-state index in [0.29, 0.717) is 0 Å². The Hall–Kier alpha value is -2.57. The number of alkyl carbamates (subject to hydrolysis) is 1. The number of ether oxygens (including phenoxy) is 1. The van der Waals surface area contributed by atoms with Gasteiger partial charge in [0.05, 0.1) is 0 Å². The van der Waals surface area contributed by atoms with Crippen molar-refractivity contribution >= 4 is 17.9 Å². The lowest BCUT2D eigenvalue weighted by atomic mass is 9.92. The highest BCUT2D eigenvalue weighted by atomic mass is 16.6. The molecule has 1 aromatic carbocycles. The van der Waals surface area contributed by atoms with Crippen LogP contribution in [0.3, 0.4) is 0 Å². The molecule has 7 heteroatoms. The van der Waals surface area contributed by atoms with E-state index in [-0.39, 0.29) is 24.4 Å². The van der Waals surface area contributed by atoms with Gasteiger partial charge in [0.15, 0.2) is 0 Å². The summed E-state index contributed by atoms with van der Waals surface area (Å²) in [4.78, 5) is 41.0. The van der Waals surface area contributed by atoms with Gasteiger partial charge in [-0.15, -0.1) is 0 Å². The lowest BCUT2D eigenvalue weighted by Gasteiger charge is -2.42. The Morgan fingerprint density at radius 2 is 1.53 bits per heavy atom. The van der Waals surface area contributed by atoms with Crippen LogP contribution in [-0.2, 0) is 14.3 Å². The van der Waals surface area contributed by atoms with Crippen molar-refractivity contribution in [3.63, 3.8) is 0 Å². The third kappa shape index (κ3) is 8.33. The molecule has 2 N–H and O–H groups in total. The van der Waals surface area contributed by atoms with Gasteiger partial charge in [-0.1, -0.05) is 48.6 Å². The van der Waals surface area contributed by atoms with Gasteiger partial charge in [0.25, 0.3) is 0 Å². The minimum atomic E-state index is -0.812. The molecule has 1 aromatic rings. The monoisotopic (exact) mass is 473 g/mol. The summed E-state index contributed by atoms with van der Waals surface area (Å²) in [5.74, 6) is -0.529. The number of carbonyl (C=O) groups is 3. The molecule has 1 saturated carbocycles. The molecule has 0 saturated heterocycles. The van der Waals surface area contributed by atoms with Crippen LogP contribution in [-0.4, -0.2) is 46.5 Å². The fourth-order valence-electron chi connectivity index (χ4n) is 4.57. The molecule has 0 spiro atoms. The van der Waals surface area contributed by atoms with Gasteiger partial charge in [0.1, 0.15) is 18.2 Å². The van der Waals surface area contributed by atoms with Crippen molar-refractivity contribution < 1.29 is 19.1 Å². The Morgan fingerprint density at radius 1 is 0.971 bits per heavy atom. The van der Waals surface area contributed by atoms with Gasteiger partial charge in [0.2, 0.25) is 11.8 Å². The molecular weight excluding hydrogens is 430 g/mol. The van der Waals surface area contributed by atoms with Crippen molar-refractivity contribution in [1.82, 2.24) is 15.5 Å². The van der Waals surface area contributed by atoms with Crippen molar-refractivity contribution in [3.05, 3.63) is 34.9 Å². The van der Waals surface area contributed by atoms with Crippen molar-refractivity contribution in [2.75, 3.05) is 6.54 Å². The van der Waals surface area contributed by atoms with Crippen LogP contribution in [0.4, 0.5) is 4.79 Å². The SMILES string of the molecule is Cc1cc(C)cc(C(C(=O)NC2CCCCC2)N(C(=O)CNC(=O)OC(C)(C)C)C(C)(C)C)c1. The number of nitrogens with one attached hydrogen (secondary N) is 2. The molecule has 190 valence electrons. The summed E-state index contributed by atoms with van der Waals surface area (Å²) in [5.41, 5.74) is 1.49. The van der Waals surface area contributed by atoms with Crippen molar-refractivity contribution in [1.29, 1.82) is 0 Å². The normalized spacial score (nSPS) is 15.9. The molecule has 3 amide bonds. The van der Waals surface area contributed by atoms with Crippen molar-refractivity contribution in [2.45, 2.75) is 111 Å². The third-order valence-corrected chi connectivity index (χ3v) is 5.79. The van der Waals surface area contributed by atoms with Crippen LogP contribution in [0.2, 0.25) is 0 Å². The highest BCUT2D eigenvalue weighted by Gasteiger charge is 2.39. The number of aryl methyl sites for hydroxylation is 2. The Labute approximate surface area is 205 Å². The van der Waals surface area contributed by atoms with E-state index in [4.69, 9.17) is 4.74 Å². The highest BCUT2D eigenvalue weighted by Crippen LogP contribution is 2.31. The van der Waals surface area contributed by atoms with Gasteiger partial charge in [-0.2, -0.15) is 0 Å². The zero-order chi connectivity index (χ0) is 25.7. The second-order valence-corrected chi connectivity index (χ2v) is 11.5. The van der Waals surface area contributed by atoms with Crippen LogP contribution in [0.15, 0.2) is 18.2 Å². The first kappa shape index (κ1) is 27.7. The van der Waals surface area contributed by atoms with Crippen LogP contribution in [0.25, 0.3) is 0 Å². The zero-order valence-electron chi connectivity index (χ0n) is 22.2. The largest absolute Gasteiger partial charge is 0.444 e. The predicted molar refractivity (Wildman–Crippen MR) is 135 cm³/mol. The van der Waals surface area contributed by atoms with Gasteiger partial charge in [0, 0.05) is 11.6 Å². The van der Waals surface area contributed by atoms with Crippen molar-refractivity contribution in [2.24, 2.45) is 0 Å². The van der Waals surface area contributed by atoms with Crippen LogP contribution >= 0.6 is 0 Å². The Bertz CT molecular complexity index is 857. The summed E-state index contributed by atoms with van der Waals surface area (Å²) in [6.45, 7) is 14.7. The second kappa shape index (κ2) is 11.2. The molecule has 0 aliphatic heterocycles. The molecule has 0 radical (unpaired) electrons. The number of carbonyl (C=O) groups excluding carboxylic acids is 3. The smallest absolute Gasteiger partial charge is 0.408 e. The molecule has 0 aromatic heterocycles. The predicted octanol–water partition coefficient (Wildman–Crippen LogP) is 4.95. The zero-order valence-corrected chi connectivity index (χ0v) is 22.2. The van der Waals surface area contributed by atoms with Crippen LogP contribution in [0.1, 0.15) is 96.4 Å². The number of hydrogen-bond acceptors (Lipinski definition) is 4. The second-order valence-electron chi connectivity index (χ2n) is 11.5. The molecule has 1 atom stereocenters. The van der Waals surface area contributed by atoms with E-state index in [1.165, 1.54) is 6.42 Å². The van der Waals surface area contributed by atoms with E-state index < -0.39 is 23.3 Å². The van der Waals surface area contributed by atoms with E-state index in [2.05, 4.69) is 10.6 Å². The highest BCUT2D eigenvalue weighted by molar-refractivity contribution is 5.91. The molecular formula is C27H43N3O4. The summed E-state index contributed by atoms with van der Waals surface area (Å²) in [6, 6.07) is 5.28. The van der Waals surface area contributed by atoms with Gasteiger partial charge < -0.3 is 20.3 Å². The molecule has 0 heterocycles. The molecule has 2 rings (SSSR count). The maximum Gasteiger partial charge on any atom is 0.408 e. The fraction of sp³-hybridized carbons (Fsp3) is 0.667. The summed E-state index contributed by atoms with van der Waals surface area (Å²) >= 11 is 0. The quantitative estimate of drug-likeness (QED) is 0.612. The first-order chi connectivity index (χ1) is 15.7. The first-order valence-electron chi connectivity index (χ1n) is 12.3. The Kier molecular flexibility index (Phi) is 9.15. The maximum absolute atomic E-state index is 13.7. The topological polar surface area (TPSA) is 87.7 Å². The first-order valence-corrected chi connectivity index (χ1v) is 12.3. The summed E-state index contributed by atoms with van der Waals surface area (Å²) < 4.78 is 5.28. The summed E-state index contributed by atoms with van der Waals surface area (Å²) in [6.07, 6.45) is 4.63. The van der Waals surface area contributed by atoms with Gasteiger partial charge in [-0.25, -0.2) is 4.79 Å². The van der Waals surface area contributed by atoms with Gasteiger partial charge in [-0.3, -0.25) is 9.59 Å². The van der Waals surface area contributed by atoms with Gasteiger partial charge >= 0.3 is 6.09 Å². The molecule has 1 aliphatic carbocycles. The minimum absolute atomic E-state index is 0.117. The van der Waals surface area contributed by atoms with E-state index in [9.17, 15) is 14.4 Å². The number of benzene rings is 1. The summed E-state index contributed by atoms with van der Waals surface area (Å²) in [5, 5.41) is 5.77. The van der Waals surface area contributed by atoms with Crippen LogP contribution in [0.5, 0.6) is 0 Å². The average molecular weight is 474 g/mol. The van der Waals surface area contributed by atoms with E-state index in [1.807, 2.05) is 52.8 Å². The summed E-state index contributed by atoms with van der Waals surface area (Å²) in [7, 11) is 0. The maximum atomic E-state index is 13.7. The molecule has 1 aliphatic rings. The lowest BCUT2D eigenvalue weighted by molar-refractivity contribution is -0.146. The molecule has 0 bridgehead atoms.